The zero-order valence-corrected chi connectivity index (χ0v) is 17.1. The van der Waals surface area contributed by atoms with Gasteiger partial charge in [0.1, 0.15) is 17.3 Å². The summed E-state index contributed by atoms with van der Waals surface area (Å²) in [6, 6.07) is 18.7. The molecule has 0 spiro atoms. The summed E-state index contributed by atoms with van der Waals surface area (Å²) in [7, 11) is 3.58. The number of methoxy groups -OCH3 is 1. The molecule has 0 atom stereocenters. The molecule has 0 aliphatic heterocycles. The zero-order valence-electron chi connectivity index (χ0n) is 17.1. The third kappa shape index (κ3) is 5.31. The summed E-state index contributed by atoms with van der Waals surface area (Å²) in [5, 5.41) is 2.89. The van der Waals surface area contributed by atoms with E-state index < -0.39 is 0 Å². The number of anilines is 2. The van der Waals surface area contributed by atoms with Crippen LogP contribution in [0.2, 0.25) is 0 Å². The molecule has 0 saturated heterocycles. The molecule has 0 radical (unpaired) electrons. The lowest BCUT2D eigenvalue weighted by molar-refractivity contribution is 0.102. The Morgan fingerprint density at radius 2 is 1.86 bits per heavy atom. The quantitative estimate of drug-likeness (QED) is 0.607. The van der Waals surface area contributed by atoms with Crippen molar-refractivity contribution in [2.45, 2.75) is 19.8 Å². The topological polar surface area (TPSA) is 67.4 Å². The first kappa shape index (κ1) is 20.3. The summed E-state index contributed by atoms with van der Waals surface area (Å²) in [6.45, 7) is 3.01. The molecule has 1 amide bonds. The van der Waals surface area contributed by atoms with Crippen LogP contribution in [0.25, 0.3) is 11.4 Å². The first-order valence-corrected chi connectivity index (χ1v) is 9.71. The molecule has 29 heavy (non-hydrogen) atoms. The van der Waals surface area contributed by atoms with Gasteiger partial charge in [-0.25, -0.2) is 9.97 Å². The molecule has 0 fully saturated rings. The molecule has 6 heteroatoms. The Morgan fingerprint density at radius 1 is 1.07 bits per heavy atom. The fourth-order valence-corrected chi connectivity index (χ4v) is 2.87. The summed E-state index contributed by atoms with van der Waals surface area (Å²) < 4.78 is 5.22. The zero-order chi connectivity index (χ0) is 20.6. The van der Waals surface area contributed by atoms with E-state index in [0.29, 0.717) is 23.0 Å². The van der Waals surface area contributed by atoms with E-state index in [9.17, 15) is 4.79 Å². The van der Waals surface area contributed by atoms with Crippen molar-refractivity contribution in [1.29, 1.82) is 0 Å². The molecule has 0 aliphatic rings. The third-order valence-electron chi connectivity index (χ3n) is 4.54. The monoisotopic (exact) mass is 390 g/mol. The highest BCUT2D eigenvalue weighted by Gasteiger charge is 2.15. The molecule has 0 bridgehead atoms. The number of carbonyl (C=O) groups excluding carboxylic acids is 1. The standard InChI is InChI=1S/C23H26N4O2/c1-4-5-14-27(2)21-16-20(25-22(26-21)17-10-7-6-8-11-17)23(28)24-18-12-9-13-19(15-18)29-3/h6-13,15-16H,4-5,14H2,1-3H3,(H,24,28). The molecule has 0 unspecified atom stereocenters. The van der Waals surface area contributed by atoms with Crippen molar-refractivity contribution < 1.29 is 9.53 Å². The largest absolute Gasteiger partial charge is 0.497 e. The van der Waals surface area contributed by atoms with Crippen LogP contribution in [-0.2, 0) is 0 Å². The van der Waals surface area contributed by atoms with E-state index in [2.05, 4.69) is 27.1 Å². The molecule has 2 aromatic carbocycles. The fraction of sp³-hybridized carbons (Fsp3) is 0.261. The molecule has 150 valence electrons. The van der Waals surface area contributed by atoms with E-state index in [4.69, 9.17) is 4.74 Å². The molecule has 3 rings (SSSR count). The van der Waals surface area contributed by atoms with Gasteiger partial charge >= 0.3 is 0 Å². The van der Waals surface area contributed by atoms with Crippen molar-refractivity contribution in [2.24, 2.45) is 0 Å². The van der Waals surface area contributed by atoms with Gasteiger partial charge in [-0.2, -0.15) is 0 Å². The number of unbranched alkanes of at least 4 members (excludes halogenated alkanes) is 1. The van der Waals surface area contributed by atoms with Crippen molar-refractivity contribution in [3.8, 4) is 17.1 Å². The normalized spacial score (nSPS) is 10.4. The van der Waals surface area contributed by atoms with E-state index in [1.807, 2.05) is 55.6 Å². The molecular formula is C23H26N4O2. The number of nitrogens with one attached hydrogen (secondary N) is 1. The van der Waals surface area contributed by atoms with Gasteiger partial charge in [0.05, 0.1) is 7.11 Å². The minimum absolute atomic E-state index is 0.289. The summed E-state index contributed by atoms with van der Waals surface area (Å²) in [5.74, 6) is 1.64. The lowest BCUT2D eigenvalue weighted by Gasteiger charge is -2.19. The predicted molar refractivity (Wildman–Crippen MR) is 117 cm³/mol. The number of benzene rings is 2. The average Bonchev–Trinajstić information content (AvgIpc) is 2.77. The molecule has 1 heterocycles. The summed E-state index contributed by atoms with van der Waals surface area (Å²) >= 11 is 0. The van der Waals surface area contributed by atoms with E-state index in [1.54, 1.807) is 19.2 Å². The minimum atomic E-state index is -0.289. The Hall–Kier alpha value is -3.41. The minimum Gasteiger partial charge on any atom is -0.497 e. The van der Waals surface area contributed by atoms with E-state index >= 15 is 0 Å². The van der Waals surface area contributed by atoms with Crippen LogP contribution in [0.15, 0.2) is 60.7 Å². The molecule has 3 aromatic rings. The summed E-state index contributed by atoms with van der Waals surface area (Å²) in [5.41, 5.74) is 1.84. The molecule has 1 aromatic heterocycles. The number of nitrogens with zero attached hydrogens (tertiary/aromatic N) is 3. The van der Waals surface area contributed by atoms with Gasteiger partial charge in [0.25, 0.3) is 5.91 Å². The van der Waals surface area contributed by atoms with Gasteiger partial charge in [-0.15, -0.1) is 0 Å². The van der Waals surface area contributed by atoms with Crippen LogP contribution >= 0.6 is 0 Å². The van der Waals surface area contributed by atoms with Crippen LogP contribution < -0.4 is 15.0 Å². The van der Waals surface area contributed by atoms with E-state index in [1.165, 1.54) is 0 Å². The first-order chi connectivity index (χ1) is 14.1. The highest BCUT2D eigenvalue weighted by Crippen LogP contribution is 2.22. The second-order valence-corrected chi connectivity index (χ2v) is 6.76. The van der Waals surface area contributed by atoms with Crippen molar-refractivity contribution in [2.75, 3.05) is 30.9 Å². The predicted octanol–water partition coefficient (Wildman–Crippen LogP) is 4.64. The van der Waals surface area contributed by atoms with Crippen LogP contribution in [0.4, 0.5) is 11.5 Å². The number of amides is 1. The Morgan fingerprint density at radius 3 is 2.59 bits per heavy atom. The smallest absolute Gasteiger partial charge is 0.274 e. The number of hydrogen-bond acceptors (Lipinski definition) is 5. The maximum absolute atomic E-state index is 12.9. The molecular weight excluding hydrogens is 364 g/mol. The van der Waals surface area contributed by atoms with Crippen molar-refractivity contribution in [3.63, 3.8) is 0 Å². The Labute approximate surface area is 171 Å². The highest BCUT2D eigenvalue weighted by atomic mass is 16.5. The second-order valence-electron chi connectivity index (χ2n) is 6.76. The van der Waals surface area contributed by atoms with Crippen molar-refractivity contribution in [1.82, 2.24) is 9.97 Å². The average molecular weight is 390 g/mol. The summed E-state index contributed by atoms with van der Waals surface area (Å²) in [4.78, 5) is 24.2. The lowest BCUT2D eigenvalue weighted by atomic mass is 10.2. The maximum atomic E-state index is 12.9. The highest BCUT2D eigenvalue weighted by molar-refractivity contribution is 6.03. The fourth-order valence-electron chi connectivity index (χ4n) is 2.87. The second kappa shape index (κ2) is 9.68. The van der Waals surface area contributed by atoms with Gasteiger partial charge in [-0.05, 0) is 18.6 Å². The third-order valence-corrected chi connectivity index (χ3v) is 4.54. The molecule has 1 N–H and O–H groups in total. The van der Waals surface area contributed by atoms with Crippen molar-refractivity contribution >= 4 is 17.4 Å². The van der Waals surface area contributed by atoms with Gasteiger partial charge in [0.2, 0.25) is 0 Å². The van der Waals surface area contributed by atoms with E-state index in [-0.39, 0.29) is 5.91 Å². The number of carbonyl (C=O) groups is 1. The van der Waals surface area contributed by atoms with Gasteiger partial charge in [0.15, 0.2) is 5.82 Å². The Balaban J connectivity index is 1.94. The van der Waals surface area contributed by atoms with Crippen LogP contribution in [0.3, 0.4) is 0 Å². The maximum Gasteiger partial charge on any atom is 0.274 e. The molecule has 0 saturated carbocycles. The molecule has 6 nitrogen and oxygen atoms in total. The van der Waals surface area contributed by atoms with Crippen LogP contribution in [0.1, 0.15) is 30.3 Å². The van der Waals surface area contributed by atoms with Crippen LogP contribution in [0.5, 0.6) is 5.75 Å². The van der Waals surface area contributed by atoms with Crippen LogP contribution in [0, 0.1) is 0 Å². The first-order valence-electron chi connectivity index (χ1n) is 9.71. The van der Waals surface area contributed by atoms with Gasteiger partial charge in [-0.1, -0.05) is 49.7 Å². The van der Waals surface area contributed by atoms with Gasteiger partial charge in [-0.3, -0.25) is 4.79 Å². The Kier molecular flexibility index (Phi) is 6.79. The number of hydrogen-bond donors (Lipinski definition) is 1. The van der Waals surface area contributed by atoms with E-state index in [0.717, 1.165) is 30.8 Å². The van der Waals surface area contributed by atoms with Crippen molar-refractivity contribution in [3.05, 3.63) is 66.4 Å². The van der Waals surface area contributed by atoms with Crippen LogP contribution in [-0.4, -0.2) is 36.6 Å². The number of rotatable bonds is 8. The van der Waals surface area contributed by atoms with Gasteiger partial charge < -0.3 is 15.0 Å². The number of aromatic nitrogens is 2. The Bertz CT molecular complexity index is 960. The lowest BCUT2D eigenvalue weighted by Crippen LogP contribution is -2.22. The summed E-state index contributed by atoms with van der Waals surface area (Å²) in [6.07, 6.45) is 2.14. The van der Waals surface area contributed by atoms with Gasteiger partial charge in [0, 0.05) is 37.0 Å². The SMILES string of the molecule is CCCCN(C)c1cc(C(=O)Nc2cccc(OC)c2)nc(-c2ccccc2)n1. The number of ether oxygens (including phenoxy) is 1. The molecule has 0 aliphatic carbocycles.